The molecule has 6 aliphatic heterocycles. The Hall–Kier alpha value is -8.62. The first-order valence-electron chi connectivity index (χ1n) is 32.9. The lowest BCUT2D eigenvalue weighted by molar-refractivity contribution is -0.357. The summed E-state index contributed by atoms with van der Waals surface area (Å²) in [6.07, 6.45) is -32.1. The molecule has 10 rings (SSSR count). The van der Waals surface area contributed by atoms with Crippen LogP contribution in [0.25, 0.3) is 10.8 Å². The van der Waals surface area contributed by atoms with Crippen LogP contribution in [0, 0.1) is 0 Å². The summed E-state index contributed by atoms with van der Waals surface area (Å²) in [5.41, 5.74) is 13.4. The lowest BCUT2D eigenvalue weighted by atomic mass is 9.92. The number of aliphatic hydroxyl groups is 13. The number of hydrogen-bond donors (Lipinski definition) is 22. The minimum atomic E-state index is -2.37. The Labute approximate surface area is 586 Å². The van der Waals surface area contributed by atoms with Gasteiger partial charge in [0.15, 0.2) is 30.7 Å². The number of fused-ring (bicyclic) bond motifs is 1. The van der Waals surface area contributed by atoms with Crippen LogP contribution in [0.2, 0.25) is 0 Å². The van der Waals surface area contributed by atoms with Gasteiger partial charge in [-0.1, -0.05) is 67.6 Å². The summed E-state index contributed by atoms with van der Waals surface area (Å²) in [6, 6.07) is 11.5. The predicted molar refractivity (Wildman–Crippen MR) is 351 cm³/mol. The summed E-state index contributed by atoms with van der Waals surface area (Å²) in [7, 11) is 1.54. The largest absolute Gasteiger partial charge is 0.497 e. The second kappa shape index (κ2) is 33.9. The van der Waals surface area contributed by atoms with E-state index in [4.69, 9.17) is 44.6 Å². The fourth-order valence-corrected chi connectivity index (χ4v) is 12.8. The Morgan fingerprint density at radius 1 is 0.592 bits per heavy atom. The van der Waals surface area contributed by atoms with Crippen molar-refractivity contribution in [2.45, 2.75) is 173 Å². The molecule has 4 aromatic carbocycles. The van der Waals surface area contributed by atoms with Gasteiger partial charge in [-0.25, -0.2) is 4.99 Å². The van der Waals surface area contributed by atoms with Crippen molar-refractivity contribution < 1.29 is 128 Å². The zero-order valence-corrected chi connectivity index (χ0v) is 55.4. The van der Waals surface area contributed by atoms with Gasteiger partial charge >= 0.3 is 0 Å². The SMILES string of the molecule is COc1ccc2cc(CO[C@@H]3[C@@H](O[C@H]4[C@H](O)[C@H](O)[C@@H](Oc5ccc(C[C@H]6NC(=O)[C@H]([C@@H](C)c7ccccc7)NC(=O)CNC(=O)[C@H](CO)NC(=O)[C@@H]([C@@H](O)[C@@H]7CN=C(N)N7[C@H]7O[C@H](O)[C@@H](O)[C@H](O)[C@@H]7O)NC(=O)[C@H]([C@@H](O)[C@@H]7CNC(N)=N7)NC6=O)cc5)O[C@@H]4CO)O[C@H](CO)[C@@H](O)[C@@H]3O)ccc2c1. The van der Waals surface area contributed by atoms with E-state index in [0.29, 0.717) is 16.9 Å². The number of benzene rings is 4. The van der Waals surface area contributed by atoms with Gasteiger partial charge in [0, 0.05) is 18.9 Å². The molecule has 38 heteroatoms. The summed E-state index contributed by atoms with van der Waals surface area (Å²) in [5.74, 6) is -8.45. The topological polar surface area (TPSA) is 594 Å². The Bertz CT molecular complexity index is 3680. The third kappa shape index (κ3) is 17.5. The zero-order chi connectivity index (χ0) is 74.2. The molecule has 0 spiro atoms. The second-order valence-corrected chi connectivity index (χ2v) is 25.5. The number of ether oxygens (including phenoxy) is 7. The van der Waals surface area contributed by atoms with Crippen LogP contribution in [-0.4, -0.2) is 312 Å². The van der Waals surface area contributed by atoms with Gasteiger partial charge in [-0.2, -0.15) is 0 Å². The van der Waals surface area contributed by atoms with E-state index in [2.05, 4.69) is 47.2 Å². The molecule has 25 atom stereocenters. The minimum absolute atomic E-state index is 0.0667. The van der Waals surface area contributed by atoms with E-state index in [1.165, 1.54) is 31.4 Å². The summed E-state index contributed by atoms with van der Waals surface area (Å²) in [5, 5.41) is 162. The molecular weight excluding hydrogens is 1360 g/mol. The molecule has 38 nitrogen and oxygen atoms in total. The number of nitrogens with two attached hydrogens (primary N) is 2. The highest BCUT2D eigenvalue weighted by Gasteiger charge is 2.54. The van der Waals surface area contributed by atoms with Crippen LogP contribution in [0.1, 0.15) is 29.5 Å². The summed E-state index contributed by atoms with van der Waals surface area (Å²) in [6.45, 7) is -3.17. The van der Waals surface area contributed by atoms with Crippen LogP contribution >= 0.6 is 0 Å². The first-order valence-corrected chi connectivity index (χ1v) is 32.9. The summed E-state index contributed by atoms with van der Waals surface area (Å²) < 4.78 is 40.7. The maximum absolute atomic E-state index is 15.2. The van der Waals surface area contributed by atoms with Gasteiger partial charge < -0.3 is 153 Å². The molecule has 0 aromatic heterocycles. The second-order valence-electron chi connectivity index (χ2n) is 25.5. The number of aliphatic hydroxyl groups excluding tert-OH is 13. The van der Waals surface area contributed by atoms with Crippen LogP contribution in [0.5, 0.6) is 11.5 Å². The molecule has 0 unspecified atom stereocenters. The molecule has 0 bridgehead atoms. The smallest absolute Gasteiger partial charge is 0.246 e. The fraction of sp³-hybridized carbons (Fsp3) is 0.538. The lowest BCUT2D eigenvalue weighted by Gasteiger charge is -2.46. The normalized spacial score (nSPS) is 34.5. The molecule has 562 valence electrons. The molecular formula is C65H86N12O26. The summed E-state index contributed by atoms with van der Waals surface area (Å²) in [4.78, 5) is 96.5. The predicted octanol–water partition coefficient (Wildman–Crippen LogP) is -10.3. The number of carbonyl (C=O) groups is 6. The van der Waals surface area contributed by atoms with Crippen molar-refractivity contribution in [3.8, 4) is 11.5 Å². The molecule has 24 N–H and O–H groups in total. The van der Waals surface area contributed by atoms with Crippen LogP contribution < -0.4 is 58.2 Å². The average Bonchev–Trinajstić information content (AvgIpc) is 1.75. The number of guanidine groups is 2. The van der Waals surface area contributed by atoms with Gasteiger partial charge in [-0.05, 0) is 57.8 Å². The zero-order valence-electron chi connectivity index (χ0n) is 55.4. The van der Waals surface area contributed by atoms with Crippen LogP contribution in [0.4, 0.5) is 0 Å². The van der Waals surface area contributed by atoms with Gasteiger partial charge in [0.2, 0.25) is 41.7 Å². The molecule has 0 saturated carbocycles. The van der Waals surface area contributed by atoms with Gasteiger partial charge in [0.25, 0.3) is 0 Å². The van der Waals surface area contributed by atoms with Crippen molar-refractivity contribution >= 4 is 58.1 Å². The number of hydrogen-bond acceptors (Lipinski definition) is 32. The number of aliphatic imine (C=N–C) groups is 2. The van der Waals surface area contributed by atoms with Crippen molar-refractivity contribution in [2.75, 3.05) is 46.6 Å². The quantitative estimate of drug-likeness (QED) is 0.0391. The highest BCUT2D eigenvalue weighted by Crippen LogP contribution is 2.34. The third-order valence-electron chi connectivity index (χ3n) is 18.7. The van der Waals surface area contributed by atoms with Crippen LogP contribution in [0.3, 0.4) is 0 Å². The highest BCUT2D eigenvalue weighted by molar-refractivity contribution is 5.98. The first-order chi connectivity index (χ1) is 49.2. The Morgan fingerprint density at radius 3 is 1.89 bits per heavy atom. The molecule has 0 radical (unpaired) electrons. The van der Waals surface area contributed by atoms with E-state index < -0.39 is 233 Å². The molecule has 0 aliphatic carbocycles. The molecule has 103 heavy (non-hydrogen) atoms. The van der Waals surface area contributed by atoms with E-state index in [0.717, 1.165) is 15.7 Å². The number of amides is 6. The van der Waals surface area contributed by atoms with E-state index in [1.54, 1.807) is 49.4 Å². The monoisotopic (exact) mass is 1450 g/mol. The van der Waals surface area contributed by atoms with Crippen molar-refractivity contribution in [1.29, 1.82) is 0 Å². The number of nitrogens with one attached hydrogen (secondary N) is 7. The van der Waals surface area contributed by atoms with Gasteiger partial charge in [0.1, 0.15) is 121 Å². The van der Waals surface area contributed by atoms with Crippen LogP contribution in [0.15, 0.2) is 101 Å². The van der Waals surface area contributed by atoms with Crippen LogP contribution in [-0.2, 0) is 65.5 Å². The van der Waals surface area contributed by atoms with Crippen molar-refractivity contribution in [2.24, 2.45) is 21.5 Å². The number of rotatable bonds is 20. The van der Waals surface area contributed by atoms with Crippen molar-refractivity contribution in [3.05, 3.63) is 108 Å². The molecule has 4 fully saturated rings. The Morgan fingerprint density at radius 2 is 1.21 bits per heavy atom. The maximum atomic E-state index is 15.2. The Kier molecular flexibility index (Phi) is 25.3. The lowest BCUT2D eigenvalue weighted by Crippen LogP contribution is -2.70. The number of nitrogens with zero attached hydrogens (tertiary/aromatic N) is 3. The first kappa shape index (κ1) is 77.0. The maximum Gasteiger partial charge on any atom is 0.246 e. The molecule has 6 heterocycles. The van der Waals surface area contributed by atoms with Gasteiger partial charge in [-0.3, -0.25) is 33.8 Å². The fourth-order valence-electron chi connectivity index (χ4n) is 12.8. The Balaban J connectivity index is 0.913. The number of carbonyl (C=O) groups excluding carboxylic acids is 6. The highest BCUT2D eigenvalue weighted by atomic mass is 16.7. The van der Waals surface area contributed by atoms with Crippen molar-refractivity contribution in [3.63, 3.8) is 0 Å². The molecule has 4 aromatic rings. The van der Waals surface area contributed by atoms with E-state index in [-0.39, 0.29) is 30.4 Å². The number of methoxy groups -OCH3 is 1. The van der Waals surface area contributed by atoms with Gasteiger partial charge in [0.05, 0.1) is 58.7 Å². The molecule has 4 saturated heterocycles. The van der Waals surface area contributed by atoms with Gasteiger partial charge in [-0.15, -0.1) is 0 Å². The molecule has 6 amide bonds. The van der Waals surface area contributed by atoms with E-state index in [1.807, 2.05) is 24.3 Å². The standard InChI is InChI=1S/C65H86N12O26/c1-26(29-6-4-3-5-7-29)41-57(93)71-34(17-27-9-13-32(14-10-27)99-62-52(90)49(87)53(39(24-80)101-62)102-63-54(48(86)46(84)38(23-79)100-63)98-25-28-8-11-31-18-33(97-2)15-12-30(31)16-28)56(92)75-42(44(82)35-19-69-64(66)73-35)59(95)76-43(58(94)72-36(22-78)55(91)68-21-40(81)74-41)45(83)37-20-70-65(67)77(37)60-50(88)47(85)51(89)61(96)103-60/h3-16,18,26,34-39,41-54,60-63,78-80,82-90,96H,17,19-25H2,1-2H3,(H2,67,70)(H,68,91)(H,71,93)(H,72,94)(H,74,81)(H,75,92)(H,76,95)(H3,66,69,73)/t26-,34+,35-,36-,37-,38+,39+,41-,42-,43+,44-,45-,46+,47+,48-,49+,50-,51-,52-,53+,54-,60-,61-,62-,63+/m0/s1. The average molecular weight is 1450 g/mol. The minimum Gasteiger partial charge on any atom is -0.497 e. The summed E-state index contributed by atoms with van der Waals surface area (Å²) >= 11 is 0. The third-order valence-corrected chi connectivity index (χ3v) is 18.7. The van der Waals surface area contributed by atoms with Crippen molar-refractivity contribution in [1.82, 2.24) is 42.1 Å². The molecule has 6 aliphatic rings. The van der Waals surface area contributed by atoms with E-state index in [9.17, 15) is 85.6 Å². The van der Waals surface area contributed by atoms with E-state index >= 15 is 9.59 Å².